The molecule has 1 saturated carbocycles. The molecule has 0 aromatic heterocycles. The molecule has 20 heavy (non-hydrogen) atoms. The second-order valence-electron chi connectivity index (χ2n) is 5.98. The number of rotatable bonds is 3. The van der Waals surface area contributed by atoms with E-state index in [0.717, 1.165) is 23.8 Å². The first-order valence-corrected chi connectivity index (χ1v) is 7.68. The van der Waals surface area contributed by atoms with Crippen LogP contribution in [0, 0.1) is 5.92 Å². The lowest BCUT2D eigenvalue weighted by Crippen LogP contribution is -2.34. The van der Waals surface area contributed by atoms with Crippen molar-refractivity contribution < 1.29 is 5.11 Å². The van der Waals surface area contributed by atoms with Gasteiger partial charge in [0.15, 0.2) is 0 Å². The maximum atomic E-state index is 10.6. The zero-order chi connectivity index (χ0) is 13.9. The molecule has 3 rings (SSSR count). The monoisotopic (exact) mass is 269 g/mol. The minimum atomic E-state index is -0.430. The van der Waals surface area contributed by atoms with Gasteiger partial charge >= 0.3 is 0 Å². The van der Waals surface area contributed by atoms with Crippen LogP contribution in [0.4, 0.5) is 0 Å². The SMILES string of the molecule is N[C@H](c1cccc2ccccc12)[C@@H](O)C1CCCCC1. The lowest BCUT2D eigenvalue weighted by atomic mass is 9.80. The van der Waals surface area contributed by atoms with Crippen LogP contribution in [0.25, 0.3) is 10.8 Å². The number of nitrogens with two attached hydrogens (primary N) is 1. The predicted molar refractivity (Wildman–Crippen MR) is 83.5 cm³/mol. The summed E-state index contributed by atoms with van der Waals surface area (Å²) in [6, 6.07) is 14.2. The Balaban J connectivity index is 1.89. The molecule has 1 aliphatic rings. The van der Waals surface area contributed by atoms with E-state index in [1.165, 1.54) is 24.6 Å². The highest BCUT2D eigenvalue weighted by Gasteiger charge is 2.28. The highest BCUT2D eigenvalue weighted by atomic mass is 16.3. The third-order valence-corrected chi connectivity index (χ3v) is 4.68. The van der Waals surface area contributed by atoms with E-state index in [1.807, 2.05) is 18.2 Å². The van der Waals surface area contributed by atoms with Gasteiger partial charge in [-0.15, -0.1) is 0 Å². The standard InChI is InChI=1S/C18H23NO/c19-17(18(20)14-8-2-1-3-9-14)16-12-6-10-13-7-4-5-11-15(13)16/h4-7,10-12,14,17-18,20H,1-3,8-9,19H2/t17-,18+/m1/s1. The van der Waals surface area contributed by atoms with Crippen LogP contribution >= 0.6 is 0 Å². The van der Waals surface area contributed by atoms with Gasteiger partial charge in [0, 0.05) is 0 Å². The molecule has 1 aliphatic carbocycles. The van der Waals surface area contributed by atoms with Crippen LogP contribution in [0.15, 0.2) is 42.5 Å². The fraction of sp³-hybridized carbons (Fsp3) is 0.444. The van der Waals surface area contributed by atoms with E-state index in [0.29, 0.717) is 5.92 Å². The third kappa shape index (κ3) is 2.58. The summed E-state index contributed by atoms with van der Waals surface area (Å²) in [6.45, 7) is 0. The van der Waals surface area contributed by atoms with E-state index >= 15 is 0 Å². The molecular weight excluding hydrogens is 246 g/mol. The van der Waals surface area contributed by atoms with E-state index in [4.69, 9.17) is 5.73 Å². The van der Waals surface area contributed by atoms with Crippen molar-refractivity contribution in [3.63, 3.8) is 0 Å². The van der Waals surface area contributed by atoms with Crippen molar-refractivity contribution in [3.8, 4) is 0 Å². The molecule has 0 saturated heterocycles. The van der Waals surface area contributed by atoms with Gasteiger partial charge in [0.2, 0.25) is 0 Å². The van der Waals surface area contributed by atoms with Crippen molar-refractivity contribution in [1.82, 2.24) is 0 Å². The Labute approximate surface area is 120 Å². The molecule has 0 bridgehead atoms. The summed E-state index contributed by atoms with van der Waals surface area (Å²) < 4.78 is 0. The van der Waals surface area contributed by atoms with E-state index in [1.54, 1.807) is 0 Å². The summed E-state index contributed by atoms with van der Waals surface area (Å²) >= 11 is 0. The fourth-order valence-corrected chi connectivity index (χ4v) is 3.49. The van der Waals surface area contributed by atoms with Crippen LogP contribution < -0.4 is 5.73 Å². The van der Waals surface area contributed by atoms with Gasteiger partial charge < -0.3 is 10.8 Å². The van der Waals surface area contributed by atoms with Crippen molar-refractivity contribution in [2.75, 3.05) is 0 Å². The molecule has 3 N–H and O–H groups in total. The third-order valence-electron chi connectivity index (χ3n) is 4.68. The fourth-order valence-electron chi connectivity index (χ4n) is 3.49. The number of aliphatic hydroxyl groups excluding tert-OH is 1. The molecular formula is C18H23NO. The quantitative estimate of drug-likeness (QED) is 0.890. The van der Waals surface area contributed by atoms with Crippen LogP contribution in [0.2, 0.25) is 0 Å². The molecule has 0 aliphatic heterocycles. The molecule has 2 atom stereocenters. The lowest BCUT2D eigenvalue weighted by Gasteiger charge is -2.31. The molecule has 0 heterocycles. The van der Waals surface area contributed by atoms with E-state index in [2.05, 4.69) is 24.3 Å². The molecule has 106 valence electrons. The number of fused-ring (bicyclic) bond motifs is 1. The predicted octanol–water partition coefficient (Wildman–Crippen LogP) is 3.78. The summed E-state index contributed by atoms with van der Waals surface area (Å²) in [4.78, 5) is 0. The summed E-state index contributed by atoms with van der Waals surface area (Å²) in [6.07, 6.45) is 5.54. The van der Waals surface area contributed by atoms with Crippen LogP contribution in [0.3, 0.4) is 0 Å². The molecule has 0 spiro atoms. The maximum absolute atomic E-state index is 10.6. The zero-order valence-corrected chi connectivity index (χ0v) is 11.8. The van der Waals surface area contributed by atoms with Gasteiger partial charge in [-0.25, -0.2) is 0 Å². The Hall–Kier alpha value is -1.38. The first-order chi connectivity index (χ1) is 9.77. The molecule has 1 fully saturated rings. The Morgan fingerprint density at radius 2 is 1.65 bits per heavy atom. The van der Waals surface area contributed by atoms with Gasteiger partial charge in [-0.2, -0.15) is 0 Å². The molecule has 2 nitrogen and oxygen atoms in total. The summed E-state index contributed by atoms with van der Waals surface area (Å²) in [5.74, 6) is 0.359. The molecule has 0 radical (unpaired) electrons. The van der Waals surface area contributed by atoms with E-state index in [9.17, 15) is 5.11 Å². The first kappa shape index (κ1) is 13.6. The van der Waals surface area contributed by atoms with Crippen LogP contribution in [0.5, 0.6) is 0 Å². The van der Waals surface area contributed by atoms with Crippen molar-refractivity contribution in [2.45, 2.75) is 44.2 Å². The van der Waals surface area contributed by atoms with Gasteiger partial charge in [0.05, 0.1) is 12.1 Å². The summed E-state index contributed by atoms with van der Waals surface area (Å²) in [5, 5.41) is 13.0. The smallest absolute Gasteiger partial charge is 0.0761 e. The first-order valence-electron chi connectivity index (χ1n) is 7.68. The Kier molecular flexibility index (Phi) is 4.04. The second-order valence-corrected chi connectivity index (χ2v) is 5.98. The zero-order valence-electron chi connectivity index (χ0n) is 11.8. The van der Waals surface area contributed by atoms with Gasteiger partial charge in [0.25, 0.3) is 0 Å². The number of aliphatic hydroxyl groups is 1. The van der Waals surface area contributed by atoms with Crippen molar-refractivity contribution in [2.24, 2.45) is 11.7 Å². The van der Waals surface area contributed by atoms with Crippen molar-refractivity contribution in [3.05, 3.63) is 48.0 Å². The number of hydrogen-bond acceptors (Lipinski definition) is 2. The molecule has 2 aromatic carbocycles. The van der Waals surface area contributed by atoms with Crippen molar-refractivity contribution >= 4 is 10.8 Å². The molecule has 0 unspecified atom stereocenters. The minimum Gasteiger partial charge on any atom is -0.391 e. The molecule has 0 amide bonds. The average Bonchev–Trinajstić information content (AvgIpc) is 2.54. The summed E-state index contributed by atoms with van der Waals surface area (Å²) in [5.41, 5.74) is 7.46. The van der Waals surface area contributed by atoms with Crippen molar-refractivity contribution in [1.29, 1.82) is 0 Å². The number of benzene rings is 2. The van der Waals surface area contributed by atoms with E-state index in [-0.39, 0.29) is 6.04 Å². The highest BCUT2D eigenvalue weighted by Crippen LogP contribution is 2.33. The van der Waals surface area contributed by atoms with E-state index < -0.39 is 6.10 Å². The average molecular weight is 269 g/mol. The van der Waals surface area contributed by atoms with Crippen LogP contribution in [-0.4, -0.2) is 11.2 Å². The second kappa shape index (κ2) is 5.94. The van der Waals surface area contributed by atoms with Gasteiger partial charge in [0.1, 0.15) is 0 Å². The Bertz CT molecular complexity index is 569. The lowest BCUT2D eigenvalue weighted by molar-refractivity contribution is 0.0622. The molecule has 2 heteroatoms. The summed E-state index contributed by atoms with van der Waals surface area (Å²) in [7, 11) is 0. The normalized spacial score (nSPS) is 19.9. The van der Waals surface area contributed by atoms with Crippen LogP contribution in [0.1, 0.15) is 43.7 Å². The maximum Gasteiger partial charge on any atom is 0.0761 e. The molecule has 2 aromatic rings. The topological polar surface area (TPSA) is 46.2 Å². The largest absolute Gasteiger partial charge is 0.391 e. The minimum absolute atomic E-state index is 0.288. The number of hydrogen-bond donors (Lipinski definition) is 2. The van der Waals surface area contributed by atoms with Gasteiger partial charge in [-0.3, -0.25) is 0 Å². The van der Waals surface area contributed by atoms with Crippen LogP contribution in [-0.2, 0) is 0 Å². The highest BCUT2D eigenvalue weighted by molar-refractivity contribution is 5.86. The van der Waals surface area contributed by atoms with Gasteiger partial charge in [-0.1, -0.05) is 61.7 Å². The Morgan fingerprint density at radius 3 is 2.45 bits per heavy atom. The Morgan fingerprint density at radius 1 is 0.950 bits per heavy atom. The van der Waals surface area contributed by atoms with Gasteiger partial charge in [-0.05, 0) is 35.1 Å².